The molecule has 1 aliphatic rings. The normalized spacial score (nSPS) is 14.9. The first-order valence-corrected chi connectivity index (χ1v) is 6.47. The van der Waals surface area contributed by atoms with E-state index in [1.54, 1.807) is 0 Å². The third kappa shape index (κ3) is 2.96. The Morgan fingerprint density at radius 3 is 2.78 bits per heavy atom. The van der Waals surface area contributed by atoms with Crippen molar-refractivity contribution >= 4 is 0 Å². The van der Waals surface area contributed by atoms with Crippen LogP contribution in [0.5, 0.6) is 0 Å². The zero-order valence-electron chi connectivity index (χ0n) is 10.6. The van der Waals surface area contributed by atoms with Gasteiger partial charge >= 0.3 is 0 Å². The molecule has 0 saturated heterocycles. The standard InChI is InChI=1S/C14H18N4/c1-11-2-4-12(5-3-11)9-18-10-14(16-17-18)8-15-13-6-7-13/h2-5,10,13,15H,6-9H2,1H3. The predicted molar refractivity (Wildman–Crippen MR) is 70.2 cm³/mol. The van der Waals surface area contributed by atoms with Crippen LogP contribution in [0.15, 0.2) is 30.5 Å². The van der Waals surface area contributed by atoms with E-state index >= 15 is 0 Å². The number of hydrogen-bond donors (Lipinski definition) is 1. The van der Waals surface area contributed by atoms with E-state index in [2.05, 4.69) is 46.8 Å². The van der Waals surface area contributed by atoms with Crippen molar-refractivity contribution in [2.45, 2.75) is 38.9 Å². The van der Waals surface area contributed by atoms with E-state index < -0.39 is 0 Å². The van der Waals surface area contributed by atoms with Crippen LogP contribution in [-0.4, -0.2) is 21.0 Å². The van der Waals surface area contributed by atoms with Crippen molar-refractivity contribution in [3.8, 4) is 0 Å². The summed E-state index contributed by atoms with van der Waals surface area (Å²) in [6.45, 7) is 3.72. The van der Waals surface area contributed by atoms with Crippen molar-refractivity contribution < 1.29 is 0 Å². The Bertz CT molecular complexity index is 511. The minimum Gasteiger partial charge on any atom is -0.308 e. The highest BCUT2D eigenvalue weighted by Gasteiger charge is 2.20. The van der Waals surface area contributed by atoms with Crippen molar-refractivity contribution in [2.75, 3.05) is 0 Å². The largest absolute Gasteiger partial charge is 0.308 e. The van der Waals surface area contributed by atoms with Gasteiger partial charge < -0.3 is 5.32 Å². The molecule has 0 aliphatic heterocycles. The molecular formula is C14H18N4. The average Bonchev–Trinajstić information content (AvgIpc) is 3.10. The van der Waals surface area contributed by atoms with Gasteiger partial charge in [-0.3, -0.25) is 0 Å². The summed E-state index contributed by atoms with van der Waals surface area (Å²) in [5.41, 5.74) is 3.56. The second kappa shape index (κ2) is 4.90. The summed E-state index contributed by atoms with van der Waals surface area (Å²) in [6, 6.07) is 9.24. The van der Waals surface area contributed by atoms with E-state index in [0.29, 0.717) is 6.04 Å². The van der Waals surface area contributed by atoms with Crippen molar-refractivity contribution in [2.24, 2.45) is 0 Å². The molecule has 3 rings (SSSR count). The molecule has 0 atom stereocenters. The van der Waals surface area contributed by atoms with E-state index in [-0.39, 0.29) is 0 Å². The van der Waals surface area contributed by atoms with Crippen molar-refractivity contribution in [1.82, 2.24) is 20.3 Å². The van der Waals surface area contributed by atoms with Crippen molar-refractivity contribution in [3.63, 3.8) is 0 Å². The van der Waals surface area contributed by atoms with E-state index in [0.717, 1.165) is 18.8 Å². The Kier molecular flexibility index (Phi) is 3.11. The number of aromatic nitrogens is 3. The molecule has 1 fully saturated rings. The second-order valence-electron chi connectivity index (χ2n) is 5.05. The summed E-state index contributed by atoms with van der Waals surface area (Å²) in [6.07, 6.45) is 4.63. The van der Waals surface area contributed by atoms with Crippen LogP contribution in [0.2, 0.25) is 0 Å². The minimum atomic E-state index is 0.715. The van der Waals surface area contributed by atoms with Crippen molar-refractivity contribution in [1.29, 1.82) is 0 Å². The molecule has 4 heteroatoms. The topological polar surface area (TPSA) is 42.7 Å². The van der Waals surface area contributed by atoms with Crippen LogP contribution in [0, 0.1) is 6.92 Å². The highest BCUT2D eigenvalue weighted by Crippen LogP contribution is 2.18. The Morgan fingerprint density at radius 2 is 2.06 bits per heavy atom. The van der Waals surface area contributed by atoms with Gasteiger partial charge in [0.25, 0.3) is 0 Å². The van der Waals surface area contributed by atoms with Gasteiger partial charge in [0.1, 0.15) is 0 Å². The molecule has 18 heavy (non-hydrogen) atoms. The third-order valence-electron chi connectivity index (χ3n) is 3.20. The lowest BCUT2D eigenvalue weighted by Crippen LogP contribution is -2.15. The summed E-state index contributed by atoms with van der Waals surface area (Å²) in [7, 11) is 0. The maximum Gasteiger partial charge on any atom is 0.0965 e. The van der Waals surface area contributed by atoms with Gasteiger partial charge in [0, 0.05) is 12.6 Å². The lowest BCUT2D eigenvalue weighted by atomic mass is 10.1. The zero-order valence-corrected chi connectivity index (χ0v) is 10.6. The quantitative estimate of drug-likeness (QED) is 0.870. The van der Waals surface area contributed by atoms with Gasteiger partial charge in [-0.15, -0.1) is 5.10 Å². The lowest BCUT2D eigenvalue weighted by molar-refractivity contribution is 0.646. The molecule has 0 unspecified atom stereocenters. The molecule has 1 saturated carbocycles. The lowest BCUT2D eigenvalue weighted by Gasteiger charge is -2.01. The number of benzene rings is 1. The fraction of sp³-hybridized carbons (Fsp3) is 0.429. The molecule has 1 heterocycles. The number of aryl methyl sites for hydroxylation is 1. The minimum absolute atomic E-state index is 0.715. The average molecular weight is 242 g/mol. The van der Waals surface area contributed by atoms with E-state index in [1.165, 1.54) is 24.0 Å². The molecule has 1 aliphatic carbocycles. The van der Waals surface area contributed by atoms with Gasteiger partial charge in [-0.1, -0.05) is 35.0 Å². The van der Waals surface area contributed by atoms with Crippen LogP contribution in [-0.2, 0) is 13.1 Å². The van der Waals surface area contributed by atoms with Crippen LogP contribution < -0.4 is 5.32 Å². The molecule has 0 bridgehead atoms. The SMILES string of the molecule is Cc1ccc(Cn2cc(CNC3CC3)nn2)cc1. The number of nitrogens with one attached hydrogen (secondary N) is 1. The molecule has 94 valence electrons. The predicted octanol–water partition coefficient (Wildman–Crippen LogP) is 1.89. The smallest absolute Gasteiger partial charge is 0.0965 e. The monoisotopic (exact) mass is 242 g/mol. The van der Waals surface area contributed by atoms with Gasteiger partial charge in [0.2, 0.25) is 0 Å². The molecule has 0 spiro atoms. The van der Waals surface area contributed by atoms with E-state index in [9.17, 15) is 0 Å². The van der Waals surface area contributed by atoms with E-state index in [1.807, 2.05) is 10.9 Å². The Labute approximate surface area is 107 Å². The van der Waals surface area contributed by atoms with Gasteiger partial charge in [-0.2, -0.15) is 0 Å². The number of nitrogens with zero attached hydrogens (tertiary/aromatic N) is 3. The fourth-order valence-electron chi connectivity index (χ4n) is 1.91. The molecule has 4 nitrogen and oxygen atoms in total. The van der Waals surface area contributed by atoms with Crippen LogP contribution >= 0.6 is 0 Å². The Balaban J connectivity index is 1.60. The number of hydrogen-bond acceptors (Lipinski definition) is 3. The third-order valence-corrected chi connectivity index (χ3v) is 3.20. The zero-order chi connectivity index (χ0) is 12.4. The first-order valence-electron chi connectivity index (χ1n) is 6.47. The maximum atomic E-state index is 4.18. The first kappa shape index (κ1) is 11.4. The summed E-state index contributed by atoms with van der Waals surface area (Å²) in [4.78, 5) is 0. The summed E-state index contributed by atoms with van der Waals surface area (Å²) in [5.74, 6) is 0. The molecule has 0 radical (unpaired) electrons. The van der Waals surface area contributed by atoms with Gasteiger partial charge in [-0.05, 0) is 25.3 Å². The summed E-state index contributed by atoms with van der Waals surface area (Å²) < 4.78 is 1.90. The molecule has 2 aromatic rings. The molecule has 1 aromatic heterocycles. The van der Waals surface area contributed by atoms with Crippen LogP contribution in [0.25, 0.3) is 0 Å². The van der Waals surface area contributed by atoms with Crippen LogP contribution in [0.3, 0.4) is 0 Å². The molecule has 1 aromatic carbocycles. The Hall–Kier alpha value is -1.68. The summed E-state index contributed by atoms with van der Waals surface area (Å²) >= 11 is 0. The maximum absolute atomic E-state index is 4.18. The van der Waals surface area contributed by atoms with Crippen molar-refractivity contribution in [3.05, 3.63) is 47.3 Å². The van der Waals surface area contributed by atoms with Gasteiger partial charge in [0.05, 0.1) is 18.4 Å². The highest BCUT2D eigenvalue weighted by molar-refractivity contribution is 5.21. The highest BCUT2D eigenvalue weighted by atomic mass is 15.4. The first-order chi connectivity index (χ1) is 8.79. The molecule has 0 amide bonds. The van der Waals surface area contributed by atoms with E-state index in [4.69, 9.17) is 0 Å². The summed E-state index contributed by atoms with van der Waals surface area (Å²) in [5, 5.41) is 11.8. The number of rotatable bonds is 5. The molecule has 1 N–H and O–H groups in total. The second-order valence-corrected chi connectivity index (χ2v) is 5.05. The Morgan fingerprint density at radius 1 is 1.28 bits per heavy atom. The van der Waals surface area contributed by atoms with Crippen LogP contribution in [0.4, 0.5) is 0 Å². The van der Waals surface area contributed by atoms with Gasteiger partial charge in [-0.25, -0.2) is 4.68 Å². The van der Waals surface area contributed by atoms with Crippen LogP contribution in [0.1, 0.15) is 29.7 Å². The fourth-order valence-corrected chi connectivity index (χ4v) is 1.91. The van der Waals surface area contributed by atoms with Gasteiger partial charge in [0.15, 0.2) is 0 Å². The molecular weight excluding hydrogens is 224 g/mol.